The largest absolute Gasteiger partial charge is 0.497 e. The molecule has 1 aliphatic heterocycles. The maximum Gasteiger partial charge on any atom is 0.223 e. The Morgan fingerprint density at radius 2 is 1.69 bits per heavy atom. The van der Waals surface area contributed by atoms with E-state index < -0.39 is 0 Å². The van der Waals surface area contributed by atoms with Crippen LogP contribution in [0.5, 0.6) is 11.5 Å². The molecule has 29 heavy (non-hydrogen) atoms. The topological polar surface area (TPSA) is 50.8 Å². The monoisotopic (exact) mass is 436 g/mol. The summed E-state index contributed by atoms with van der Waals surface area (Å²) >= 11 is 12.5. The van der Waals surface area contributed by atoms with Gasteiger partial charge in [-0.25, -0.2) is 0 Å². The lowest BCUT2D eigenvalue weighted by Gasteiger charge is -2.31. The van der Waals surface area contributed by atoms with E-state index in [9.17, 15) is 4.79 Å². The minimum absolute atomic E-state index is 0.0361. The SMILES string of the molecule is COc1ccc(OCCNC(=O)C2CCN(Cc3c(Cl)cccc3Cl)CC2)cc1. The van der Waals surface area contributed by atoms with Crippen molar-refractivity contribution < 1.29 is 14.3 Å². The lowest BCUT2D eigenvalue weighted by Crippen LogP contribution is -2.41. The van der Waals surface area contributed by atoms with E-state index in [1.807, 2.05) is 42.5 Å². The van der Waals surface area contributed by atoms with Gasteiger partial charge < -0.3 is 14.8 Å². The summed E-state index contributed by atoms with van der Waals surface area (Å²) in [7, 11) is 1.63. The molecule has 0 atom stereocenters. The van der Waals surface area contributed by atoms with E-state index in [4.69, 9.17) is 32.7 Å². The quantitative estimate of drug-likeness (QED) is 0.622. The smallest absolute Gasteiger partial charge is 0.223 e. The van der Waals surface area contributed by atoms with Gasteiger partial charge in [0, 0.05) is 28.1 Å². The Morgan fingerprint density at radius 3 is 2.31 bits per heavy atom. The van der Waals surface area contributed by atoms with Gasteiger partial charge in [-0.15, -0.1) is 0 Å². The molecule has 0 bridgehead atoms. The highest BCUT2D eigenvalue weighted by Gasteiger charge is 2.25. The molecule has 5 nitrogen and oxygen atoms in total. The van der Waals surface area contributed by atoms with E-state index in [2.05, 4.69) is 10.2 Å². The first kappa shape index (κ1) is 21.8. The third-order valence-corrected chi connectivity index (χ3v) is 5.84. The van der Waals surface area contributed by atoms with Gasteiger partial charge in [0.15, 0.2) is 0 Å². The van der Waals surface area contributed by atoms with Crippen LogP contribution in [0.1, 0.15) is 18.4 Å². The van der Waals surface area contributed by atoms with Gasteiger partial charge in [0.1, 0.15) is 18.1 Å². The van der Waals surface area contributed by atoms with Crippen LogP contribution >= 0.6 is 23.2 Å². The molecule has 2 aromatic rings. The van der Waals surface area contributed by atoms with Crippen LogP contribution in [-0.4, -0.2) is 44.2 Å². The number of amides is 1. The van der Waals surface area contributed by atoms with Crippen molar-refractivity contribution in [2.75, 3.05) is 33.4 Å². The molecule has 0 spiro atoms. The van der Waals surface area contributed by atoms with Crippen LogP contribution < -0.4 is 14.8 Å². The molecule has 7 heteroatoms. The normalized spacial score (nSPS) is 15.1. The molecule has 0 aliphatic carbocycles. The number of nitrogens with one attached hydrogen (secondary N) is 1. The lowest BCUT2D eigenvalue weighted by atomic mass is 9.95. The van der Waals surface area contributed by atoms with Gasteiger partial charge in [-0.3, -0.25) is 9.69 Å². The predicted molar refractivity (Wildman–Crippen MR) is 116 cm³/mol. The van der Waals surface area contributed by atoms with Crippen molar-refractivity contribution in [2.45, 2.75) is 19.4 Å². The minimum atomic E-state index is 0.0361. The Morgan fingerprint density at radius 1 is 1.07 bits per heavy atom. The summed E-state index contributed by atoms with van der Waals surface area (Å²) < 4.78 is 10.8. The second-order valence-electron chi connectivity index (χ2n) is 7.07. The summed E-state index contributed by atoms with van der Waals surface area (Å²) in [5, 5.41) is 4.36. The number of nitrogens with zero attached hydrogens (tertiary/aromatic N) is 1. The summed E-state index contributed by atoms with van der Waals surface area (Å²) in [6.45, 7) is 3.33. The predicted octanol–water partition coefficient (Wildman–Crippen LogP) is 4.41. The molecule has 1 N–H and O–H groups in total. The second-order valence-corrected chi connectivity index (χ2v) is 7.88. The van der Waals surface area contributed by atoms with E-state index in [1.165, 1.54) is 0 Å². The number of hydrogen-bond donors (Lipinski definition) is 1. The standard InChI is InChI=1S/C22H26Cl2N2O3/c1-28-17-5-7-18(8-6-17)29-14-11-25-22(27)16-9-12-26(13-10-16)15-19-20(23)3-2-4-21(19)24/h2-8,16H,9-15H2,1H3,(H,25,27). The summed E-state index contributed by atoms with van der Waals surface area (Å²) in [4.78, 5) is 14.7. The number of ether oxygens (including phenoxy) is 2. The number of hydrogen-bond acceptors (Lipinski definition) is 4. The molecule has 1 fully saturated rings. The van der Waals surface area contributed by atoms with Crippen molar-refractivity contribution in [1.82, 2.24) is 10.2 Å². The molecular formula is C22H26Cl2N2O3. The van der Waals surface area contributed by atoms with Gasteiger partial charge in [0.25, 0.3) is 0 Å². The molecule has 0 unspecified atom stereocenters. The van der Waals surface area contributed by atoms with Crippen LogP contribution in [0.3, 0.4) is 0 Å². The van der Waals surface area contributed by atoms with Crippen molar-refractivity contribution in [3.63, 3.8) is 0 Å². The number of benzene rings is 2. The van der Waals surface area contributed by atoms with Crippen molar-refractivity contribution in [3.05, 3.63) is 58.1 Å². The molecule has 156 valence electrons. The molecular weight excluding hydrogens is 411 g/mol. The molecule has 1 heterocycles. The first-order valence-electron chi connectivity index (χ1n) is 9.76. The summed E-state index contributed by atoms with van der Waals surface area (Å²) in [6.07, 6.45) is 1.65. The lowest BCUT2D eigenvalue weighted by molar-refractivity contribution is -0.126. The van der Waals surface area contributed by atoms with Crippen molar-refractivity contribution >= 4 is 29.1 Å². The number of methoxy groups -OCH3 is 1. The van der Waals surface area contributed by atoms with Gasteiger partial charge in [-0.05, 0) is 62.3 Å². The van der Waals surface area contributed by atoms with Gasteiger partial charge in [0.05, 0.1) is 13.7 Å². The summed E-state index contributed by atoms with van der Waals surface area (Å²) in [5.41, 5.74) is 0.953. The van der Waals surface area contributed by atoms with Crippen LogP contribution in [0, 0.1) is 5.92 Å². The molecule has 1 amide bonds. The molecule has 0 radical (unpaired) electrons. The fourth-order valence-electron chi connectivity index (χ4n) is 3.42. The average molecular weight is 437 g/mol. The van der Waals surface area contributed by atoms with Crippen LogP contribution in [-0.2, 0) is 11.3 Å². The molecule has 2 aromatic carbocycles. The molecule has 0 aromatic heterocycles. The van der Waals surface area contributed by atoms with E-state index in [-0.39, 0.29) is 11.8 Å². The van der Waals surface area contributed by atoms with Gasteiger partial charge in [-0.2, -0.15) is 0 Å². The van der Waals surface area contributed by atoms with Crippen molar-refractivity contribution in [1.29, 1.82) is 0 Å². The number of carbonyl (C=O) groups is 1. The third kappa shape index (κ3) is 6.26. The zero-order chi connectivity index (χ0) is 20.6. The highest BCUT2D eigenvalue weighted by molar-refractivity contribution is 6.35. The molecule has 1 saturated heterocycles. The van der Waals surface area contributed by atoms with Crippen LogP contribution in [0.2, 0.25) is 10.0 Å². The summed E-state index contributed by atoms with van der Waals surface area (Å²) in [6, 6.07) is 13.0. The minimum Gasteiger partial charge on any atom is -0.497 e. The third-order valence-electron chi connectivity index (χ3n) is 5.13. The maximum absolute atomic E-state index is 12.4. The molecule has 1 aliphatic rings. The Hall–Kier alpha value is -1.95. The Balaban J connectivity index is 1.36. The Labute approximate surface area is 181 Å². The number of carbonyl (C=O) groups excluding carboxylic acids is 1. The fraction of sp³-hybridized carbons (Fsp3) is 0.409. The zero-order valence-corrected chi connectivity index (χ0v) is 18.0. The number of piperidine rings is 1. The molecule has 3 rings (SSSR count). The van der Waals surface area contributed by atoms with Crippen molar-refractivity contribution in [2.24, 2.45) is 5.92 Å². The average Bonchev–Trinajstić information content (AvgIpc) is 2.74. The first-order chi connectivity index (χ1) is 14.1. The van der Waals surface area contributed by atoms with E-state index in [1.54, 1.807) is 7.11 Å². The zero-order valence-electron chi connectivity index (χ0n) is 16.5. The number of halogens is 2. The Kier molecular flexibility index (Phi) is 8.04. The fourth-order valence-corrected chi connectivity index (χ4v) is 3.94. The van der Waals surface area contributed by atoms with Crippen LogP contribution in [0.4, 0.5) is 0 Å². The highest BCUT2D eigenvalue weighted by atomic mass is 35.5. The van der Waals surface area contributed by atoms with E-state index in [0.29, 0.717) is 29.7 Å². The van der Waals surface area contributed by atoms with Gasteiger partial charge in [-0.1, -0.05) is 29.3 Å². The van der Waals surface area contributed by atoms with E-state index >= 15 is 0 Å². The second kappa shape index (κ2) is 10.7. The molecule has 0 saturated carbocycles. The highest BCUT2D eigenvalue weighted by Crippen LogP contribution is 2.27. The van der Waals surface area contributed by atoms with Gasteiger partial charge in [0.2, 0.25) is 5.91 Å². The van der Waals surface area contributed by atoms with Gasteiger partial charge >= 0.3 is 0 Å². The number of rotatable bonds is 8. The maximum atomic E-state index is 12.4. The van der Waals surface area contributed by atoms with Crippen LogP contribution in [0.15, 0.2) is 42.5 Å². The van der Waals surface area contributed by atoms with Crippen molar-refractivity contribution in [3.8, 4) is 11.5 Å². The first-order valence-corrected chi connectivity index (χ1v) is 10.5. The van der Waals surface area contributed by atoms with Crippen LogP contribution in [0.25, 0.3) is 0 Å². The number of likely N-dealkylation sites (tertiary alicyclic amines) is 1. The Bertz CT molecular complexity index is 786. The van der Waals surface area contributed by atoms with E-state index in [0.717, 1.165) is 43.0 Å². The summed E-state index contributed by atoms with van der Waals surface area (Å²) in [5.74, 6) is 1.67.